The highest BCUT2D eigenvalue weighted by molar-refractivity contribution is 5.81. The zero-order chi connectivity index (χ0) is 14.4. The summed E-state index contributed by atoms with van der Waals surface area (Å²) in [5, 5.41) is 9.23. The number of aromatic nitrogens is 2. The van der Waals surface area contributed by atoms with Crippen molar-refractivity contribution < 1.29 is 19.4 Å². The summed E-state index contributed by atoms with van der Waals surface area (Å²) in [6, 6.07) is 0. The molecule has 0 aromatic carbocycles. The van der Waals surface area contributed by atoms with E-state index in [2.05, 4.69) is 4.98 Å². The molecule has 0 unspecified atom stereocenters. The molecule has 0 aliphatic heterocycles. The molecule has 0 aliphatic rings. The zero-order valence-electron chi connectivity index (χ0n) is 11.5. The van der Waals surface area contributed by atoms with E-state index in [-0.39, 0.29) is 6.61 Å². The van der Waals surface area contributed by atoms with Gasteiger partial charge in [0, 0.05) is 25.4 Å². The van der Waals surface area contributed by atoms with E-state index in [0.717, 1.165) is 5.69 Å². The second kappa shape index (κ2) is 6.92. The molecule has 1 rings (SSSR count). The van der Waals surface area contributed by atoms with E-state index < -0.39 is 23.8 Å². The first kappa shape index (κ1) is 15.2. The van der Waals surface area contributed by atoms with Gasteiger partial charge < -0.3 is 14.4 Å². The van der Waals surface area contributed by atoms with Crippen LogP contribution in [0.1, 0.15) is 26.0 Å². The van der Waals surface area contributed by atoms with Crippen LogP contribution in [0.25, 0.3) is 0 Å². The lowest BCUT2D eigenvalue weighted by Crippen LogP contribution is -2.33. The van der Waals surface area contributed by atoms with Crippen molar-refractivity contribution in [1.29, 1.82) is 0 Å². The van der Waals surface area contributed by atoms with Gasteiger partial charge in [0.05, 0.1) is 24.8 Å². The molecule has 6 nitrogen and oxygen atoms in total. The van der Waals surface area contributed by atoms with Gasteiger partial charge in [-0.15, -0.1) is 0 Å². The fraction of sp³-hybridized carbons (Fsp3) is 0.615. The maximum absolute atomic E-state index is 12.0. The van der Waals surface area contributed by atoms with Crippen LogP contribution in [0.3, 0.4) is 0 Å². The Hall–Kier alpha value is -1.85. The lowest BCUT2D eigenvalue weighted by molar-refractivity contribution is -0.157. The number of carboxylic acids is 1. The van der Waals surface area contributed by atoms with Crippen LogP contribution in [-0.4, -0.2) is 33.2 Å². The summed E-state index contributed by atoms with van der Waals surface area (Å²) in [6.07, 6.45) is 3.97. The largest absolute Gasteiger partial charge is 0.481 e. The van der Waals surface area contributed by atoms with E-state index in [0.29, 0.717) is 12.8 Å². The molecule has 0 saturated carbocycles. The van der Waals surface area contributed by atoms with Gasteiger partial charge in [0.1, 0.15) is 0 Å². The summed E-state index contributed by atoms with van der Waals surface area (Å²) in [4.78, 5) is 27.2. The van der Waals surface area contributed by atoms with Crippen LogP contribution in [0.5, 0.6) is 0 Å². The molecule has 0 spiro atoms. The van der Waals surface area contributed by atoms with E-state index in [9.17, 15) is 14.7 Å². The molecule has 0 bridgehead atoms. The minimum atomic E-state index is -0.970. The Morgan fingerprint density at radius 2 is 2.11 bits per heavy atom. The molecule has 0 amide bonds. The van der Waals surface area contributed by atoms with Gasteiger partial charge in [-0.2, -0.15) is 0 Å². The molecule has 1 heterocycles. The van der Waals surface area contributed by atoms with Gasteiger partial charge in [-0.1, -0.05) is 6.92 Å². The molecule has 2 atom stereocenters. The molecular formula is C13H20N2O4. The molecule has 0 radical (unpaired) electrons. The number of nitrogens with zero attached hydrogens (tertiary/aromatic N) is 2. The van der Waals surface area contributed by atoms with Crippen molar-refractivity contribution in [3.63, 3.8) is 0 Å². The topological polar surface area (TPSA) is 81.4 Å². The number of aryl methyl sites for hydroxylation is 1. The number of carbonyl (C=O) groups excluding carboxylic acids is 1. The smallest absolute Gasteiger partial charge is 0.310 e. The first-order chi connectivity index (χ1) is 9.01. The molecule has 6 heteroatoms. The first-order valence-corrected chi connectivity index (χ1v) is 6.35. The Bertz CT molecular complexity index is 442. The number of rotatable bonds is 7. The molecule has 1 aromatic heterocycles. The van der Waals surface area contributed by atoms with Crippen LogP contribution in [0.15, 0.2) is 12.5 Å². The third kappa shape index (κ3) is 3.81. The van der Waals surface area contributed by atoms with Gasteiger partial charge in [-0.25, -0.2) is 4.98 Å². The quantitative estimate of drug-likeness (QED) is 0.753. The van der Waals surface area contributed by atoms with Gasteiger partial charge in [-0.3, -0.25) is 9.59 Å². The molecular weight excluding hydrogens is 248 g/mol. The van der Waals surface area contributed by atoms with Crippen molar-refractivity contribution in [3.8, 4) is 0 Å². The number of hydrogen-bond donors (Lipinski definition) is 1. The predicted molar refractivity (Wildman–Crippen MR) is 68.5 cm³/mol. The van der Waals surface area contributed by atoms with Crippen LogP contribution >= 0.6 is 0 Å². The van der Waals surface area contributed by atoms with E-state index in [4.69, 9.17) is 4.74 Å². The Morgan fingerprint density at radius 1 is 1.42 bits per heavy atom. The average Bonchev–Trinajstić information content (AvgIpc) is 2.74. The number of imidazole rings is 1. The number of aliphatic carboxylic acids is 1. The Balaban J connectivity index is 2.95. The lowest BCUT2D eigenvalue weighted by atomic mass is 9.86. The number of hydrogen-bond acceptors (Lipinski definition) is 4. The van der Waals surface area contributed by atoms with E-state index >= 15 is 0 Å². The van der Waals surface area contributed by atoms with Crippen molar-refractivity contribution in [2.75, 3.05) is 6.61 Å². The number of ether oxygens (including phenoxy) is 1. The van der Waals surface area contributed by atoms with E-state index in [1.807, 2.05) is 7.05 Å². The zero-order valence-corrected chi connectivity index (χ0v) is 11.5. The third-order valence-electron chi connectivity index (χ3n) is 3.18. The van der Waals surface area contributed by atoms with Crippen molar-refractivity contribution in [2.24, 2.45) is 18.9 Å². The molecule has 19 heavy (non-hydrogen) atoms. The SMILES string of the molecule is CCOC(=O)[C@H](Cc1cncn1C)[C@H](CC)C(=O)O. The maximum atomic E-state index is 12.0. The van der Waals surface area contributed by atoms with Crippen molar-refractivity contribution in [1.82, 2.24) is 9.55 Å². The molecule has 1 aromatic rings. The number of carboxylic acid groups (broad SMARTS) is 1. The maximum Gasteiger partial charge on any atom is 0.310 e. The standard InChI is InChI=1S/C13H20N2O4/c1-4-10(12(16)17)11(13(18)19-5-2)6-9-7-14-8-15(9)3/h7-8,10-11H,4-6H2,1-3H3,(H,16,17)/t10-,11+/m0/s1. The molecule has 0 saturated heterocycles. The molecule has 1 N–H and O–H groups in total. The molecule has 0 aliphatic carbocycles. The molecule has 0 fully saturated rings. The lowest BCUT2D eigenvalue weighted by Gasteiger charge is -2.21. The van der Waals surface area contributed by atoms with Crippen LogP contribution < -0.4 is 0 Å². The Morgan fingerprint density at radius 3 is 2.53 bits per heavy atom. The average molecular weight is 268 g/mol. The summed E-state index contributed by atoms with van der Waals surface area (Å²) in [5.74, 6) is -2.85. The minimum Gasteiger partial charge on any atom is -0.481 e. The number of carbonyl (C=O) groups is 2. The summed E-state index contributed by atoms with van der Waals surface area (Å²) in [5.41, 5.74) is 0.817. The van der Waals surface area contributed by atoms with Crippen LogP contribution in [-0.2, 0) is 27.8 Å². The highest BCUT2D eigenvalue weighted by Crippen LogP contribution is 2.22. The number of esters is 1. The Labute approximate surface area is 112 Å². The van der Waals surface area contributed by atoms with Crippen molar-refractivity contribution in [3.05, 3.63) is 18.2 Å². The second-order valence-corrected chi connectivity index (χ2v) is 4.41. The minimum absolute atomic E-state index is 0.247. The van der Waals surface area contributed by atoms with Gasteiger partial charge in [0.25, 0.3) is 0 Å². The van der Waals surface area contributed by atoms with Gasteiger partial charge >= 0.3 is 11.9 Å². The Kier molecular flexibility index (Phi) is 5.54. The highest BCUT2D eigenvalue weighted by atomic mass is 16.5. The molecule has 106 valence electrons. The predicted octanol–water partition coefficient (Wildman–Crippen LogP) is 1.25. The van der Waals surface area contributed by atoms with Gasteiger partial charge in [0.15, 0.2) is 0 Å². The van der Waals surface area contributed by atoms with Gasteiger partial charge in [0.2, 0.25) is 0 Å². The van der Waals surface area contributed by atoms with Crippen LogP contribution in [0.2, 0.25) is 0 Å². The summed E-state index contributed by atoms with van der Waals surface area (Å²) < 4.78 is 6.77. The fourth-order valence-corrected chi connectivity index (χ4v) is 2.08. The van der Waals surface area contributed by atoms with E-state index in [1.54, 1.807) is 30.9 Å². The third-order valence-corrected chi connectivity index (χ3v) is 3.18. The van der Waals surface area contributed by atoms with Crippen molar-refractivity contribution >= 4 is 11.9 Å². The first-order valence-electron chi connectivity index (χ1n) is 6.35. The van der Waals surface area contributed by atoms with E-state index in [1.165, 1.54) is 0 Å². The summed E-state index contributed by atoms with van der Waals surface area (Å²) in [7, 11) is 1.81. The van der Waals surface area contributed by atoms with Crippen LogP contribution in [0.4, 0.5) is 0 Å². The van der Waals surface area contributed by atoms with Crippen LogP contribution in [0, 0.1) is 11.8 Å². The highest BCUT2D eigenvalue weighted by Gasteiger charge is 2.34. The second-order valence-electron chi connectivity index (χ2n) is 4.41. The van der Waals surface area contributed by atoms with Crippen molar-refractivity contribution in [2.45, 2.75) is 26.7 Å². The fourth-order valence-electron chi connectivity index (χ4n) is 2.08. The monoisotopic (exact) mass is 268 g/mol. The summed E-state index contributed by atoms with van der Waals surface area (Å²) in [6.45, 7) is 3.71. The summed E-state index contributed by atoms with van der Waals surface area (Å²) >= 11 is 0. The normalized spacial score (nSPS) is 13.8. The van der Waals surface area contributed by atoms with Gasteiger partial charge in [-0.05, 0) is 13.3 Å².